The van der Waals surface area contributed by atoms with E-state index in [1.54, 1.807) is 25.7 Å². The van der Waals surface area contributed by atoms with Crippen molar-refractivity contribution in [1.29, 1.82) is 0 Å². The van der Waals surface area contributed by atoms with Crippen LogP contribution in [0.2, 0.25) is 0 Å². The summed E-state index contributed by atoms with van der Waals surface area (Å²) in [5, 5.41) is 4.90. The van der Waals surface area contributed by atoms with E-state index in [4.69, 9.17) is 9.47 Å². The van der Waals surface area contributed by atoms with E-state index in [-0.39, 0.29) is 31.7 Å². The zero-order valence-electron chi connectivity index (χ0n) is 30.4. The van der Waals surface area contributed by atoms with Gasteiger partial charge in [0.1, 0.15) is 29.3 Å². The summed E-state index contributed by atoms with van der Waals surface area (Å²) >= 11 is 0. The first-order valence-corrected chi connectivity index (χ1v) is 20.0. The minimum absolute atomic E-state index is 0.0545. The van der Waals surface area contributed by atoms with Crippen molar-refractivity contribution in [1.82, 2.24) is 25.2 Å². The fraction of sp³-hybridized carbons (Fsp3) is 0.649. The number of benzene rings is 1. The molecule has 3 heterocycles. The van der Waals surface area contributed by atoms with Crippen molar-refractivity contribution >= 4 is 39.9 Å². The SMILES string of the molecule is CC1CN(C(=O)O[C@@H]2C[C@H]3C(=O)N[C@@]4(C(=O)NS(=O)(=O)C5CC5)C[C@H]4/C=C/CCCCC[C@H](NC(=O)OC(C)(C)C)C(=O)N3C2)Cc2ccccc21. The molecular weight excluding hydrogens is 690 g/mol. The van der Waals surface area contributed by atoms with Crippen molar-refractivity contribution in [3.05, 3.63) is 47.5 Å². The first kappa shape index (κ1) is 37.6. The van der Waals surface area contributed by atoms with Gasteiger partial charge in [0.15, 0.2) is 0 Å². The number of allylic oxidation sites excluding steroid dienone is 1. The number of hydrogen-bond acceptors (Lipinski definition) is 9. The Labute approximate surface area is 305 Å². The molecule has 3 aliphatic heterocycles. The molecule has 2 aliphatic carbocycles. The standard InChI is InChI=1S/C37H51N5O9S/c1-23-20-41(21-24-12-10-11-14-28(23)24)35(47)50-26-18-30-31(43)39-37(33(45)40-52(48,49)27-16-17-27)19-25(37)13-8-6-5-7-9-15-29(32(44)42(30)22-26)38-34(46)51-36(2,3)4/h8,10-14,23,25-27,29-30H,5-7,9,15-22H2,1-4H3,(H,38,46)(H,39,43)(H,40,45)/b13-8+/t23?,25-,26-,29+,30+,37+/m1/s1. The number of ether oxygens (including phenoxy) is 2. The van der Waals surface area contributed by atoms with E-state index in [0.717, 1.165) is 18.4 Å². The van der Waals surface area contributed by atoms with Crippen LogP contribution in [0.25, 0.3) is 0 Å². The Morgan fingerprint density at radius 3 is 2.50 bits per heavy atom. The van der Waals surface area contributed by atoms with Crippen molar-refractivity contribution in [2.24, 2.45) is 5.92 Å². The summed E-state index contributed by atoms with van der Waals surface area (Å²) in [4.78, 5) is 71.6. The van der Waals surface area contributed by atoms with Crippen LogP contribution < -0.4 is 15.4 Å². The van der Waals surface area contributed by atoms with Crippen LogP contribution in [0.3, 0.4) is 0 Å². The van der Waals surface area contributed by atoms with Crippen LogP contribution in [-0.4, -0.2) is 95.8 Å². The number of carbonyl (C=O) groups excluding carboxylic acids is 5. The largest absolute Gasteiger partial charge is 0.444 e. The van der Waals surface area contributed by atoms with Gasteiger partial charge < -0.3 is 29.9 Å². The molecule has 2 saturated carbocycles. The van der Waals surface area contributed by atoms with Gasteiger partial charge in [0, 0.05) is 25.4 Å². The highest BCUT2D eigenvalue weighted by atomic mass is 32.2. The third-order valence-electron chi connectivity index (χ3n) is 10.5. The maximum absolute atomic E-state index is 14.4. The minimum Gasteiger partial charge on any atom is -0.444 e. The summed E-state index contributed by atoms with van der Waals surface area (Å²) in [6.07, 6.45) is 5.73. The molecule has 6 atom stereocenters. The van der Waals surface area contributed by atoms with Crippen LogP contribution in [0.5, 0.6) is 0 Å². The number of nitrogens with one attached hydrogen (secondary N) is 3. The van der Waals surface area contributed by atoms with Gasteiger partial charge in [-0.3, -0.25) is 19.1 Å². The molecule has 1 aromatic carbocycles. The summed E-state index contributed by atoms with van der Waals surface area (Å²) in [6.45, 7) is 7.86. The predicted molar refractivity (Wildman–Crippen MR) is 190 cm³/mol. The Morgan fingerprint density at radius 2 is 1.77 bits per heavy atom. The van der Waals surface area contributed by atoms with Gasteiger partial charge in [-0.1, -0.05) is 56.2 Å². The van der Waals surface area contributed by atoms with Crippen molar-refractivity contribution in [2.45, 2.75) is 133 Å². The van der Waals surface area contributed by atoms with Crippen molar-refractivity contribution in [3.63, 3.8) is 0 Å². The highest BCUT2D eigenvalue weighted by Gasteiger charge is 2.62. The van der Waals surface area contributed by atoms with Crippen LogP contribution in [0, 0.1) is 5.92 Å². The Kier molecular flexibility index (Phi) is 10.6. The molecular formula is C37H51N5O9S. The lowest BCUT2D eigenvalue weighted by atomic mass is 9.91. The smallest absolute Gasteiger partial charge is 0.410 e. The van der Waals surface area contributed by atoms with Crippen molar-refractivity contribution in [2.75, 3.05) is 13.1 Å². The molecule has 5 amide bonds. The number of nitrogens with zero attached hydrogens (tertiary/aromatic N) is 2. The summed E-state index contributed by atoms with van der Waals surface area (Å²) < 4.78 is 39.2. The second kappa shape index (κ2) is 14.7. The summed E-state index contributed by atoms with van der Waals surface area (Å²) in [7, 11) is -3.90. The lowest BCUT2D eigenvalue weighted by Gasteiger charge is -2.33. The maximum Gasteiger partial charge on any atom is 0.410 e. The normalized spacial score (nSPS) is 30.3. The molecule has 0 bridgehead atoms. The molecule has 0 spiro atoms. The van der Waals surface area contributed by atoms with E-state index in [0.29, 0.717) is 38.8 Å². The molecule has 5 aliphatic rings. The molecule has 0 aromatic heterocycles. The van der Waals surface area contributed by atoms with Gasteiger partial charge in [0.25, 0.3) is 5.91 Å². The van der Waals surface area contributed by atoms with Crippen LogP contribution in [-0.2, 0) is 40.4 Å². The topological polar surface area (TPSA) is 181 Å². The molecule has 1 unspecified atom stereocenters. The third kappa shape index (κ3) is 8.56. The van der Waals surface area contributed by atoms with Gasteiger partial charge in [0.2, 0.25) is 21.8 Å². The highest BCUT2D eigenvalue weighted by Crippen LogP contribution is 2.46. The first-order chi connectivity index (χ1) is 24.6. The fourth-order valence-electron chi connectivity index (χ4n) is 7.51. The molecule has 1 aromatic rings. The Balaban J connectivity index is 1.25. The number of carbonyl (C=O) groups is 5. The molecule has 3 fully saturated rings. The average molecular weight is 742 g/mol. The van der Waals surface area contributed by atoms with Crippen LogP contribution in [0.15, 0.2) is 36.4 Å². The maximum atomic E-state index is 14.4. The van der Waals surface area contributed by atoms with E-state index in [2.05, 4.69) is 15.4 Å². The van der Waals surface area contributed by atoms with Crippen LogP contribution in [0.1, 0.15) is 103 Å². The molecule has 6 rings (SSSR count). The van der Waals surface area contributed by atoms with Gasteiger partial charge in [-0.2, -0.15) is 0 Å². The minimum atomic E-state index is -3.90. The second-order valence-corrected chi connectivity index (χ2v) is 17.9. The molecule has 3 N–H and O–H groups in total. The van der Waals surface area contributed by atoms with Crippen molar-refractivity contribution in [3.8, 4) is 0 Å². The van der Waals surface area contributed by atoms with Gasteiger partial charge in [-0.25, -0.2) is 18.0 Å². The Morgan fingerprint density at radius 1 is 1.02 bits per heavy atom. The molecule has 0 radical (unpaired) electrons. The fourth-order valence-corrected chi connectivity index (χ4v) is 8.88. The number of fused-ring (bicyclic) bond motifs is 3. The summed E-state index contributed by atoms with van der Waals surface area (Å²) in [5.41, 5.74) is -0.155. The Hall–Kier alpha value is -4.14. The first-order valence-electron chi connectivity index (χ1n) is 18.4. The van der Waals surface area contributed by atoms with Gasteiger partial charge in [-0.05, 0) is 76.3 Å². The van der Waals surface area contributed by atoms with Crippen molar-refractivity contribution < 1.29 is 41.9 Å². The van der Waals surface area contributed by atoms with E-state index in [9.17, 15) is 32.4 Å². The lowest BCUT2D eigenvalue weighted by molar-refractivity contribution is -0.141. The van der Waals surface area contributed by atoms with Gasteiger partial charge in [-0.15, -0.1) is 0 Å². The molecule has 1 saturated heterocycles. The molecule has 52 heavy (non-hydrogen) atoms. The highest BCUT2D eigenvalue weighted by molar-refractivity contribution is 7.91. The zero-order chi connectivity index (χ0) is 37.4. The average Bonchev–Trinajstić information content (AvgIpc) is 3.99. The molecule has 15 heteroatoms. The number of rotatable bonds is 5. The van der Waals surface area contributed by atoms with E-state index in [1.807, 2.05) is 43.3 Å². The molecule has 14 nitrogen and oxygen atoms in total. The van der Waals surface area contributed by atoms with E-state index >= 15 is 0 Å². The monoisotopic (exact) mass is 741 g/mol. The summed E-state index contributed by atoms with van der Waals surface area (Å²) in [6, 6.07) is 5.70. The summed E-state index contributed by atoms with van der Waals surface area (Å²) in [5.74, 6) is -2.39. The predicted octanol–water partition coefficient (Wildman–Crippen LogP) is 3.61. The van der Waals surface area contributed by atoms with Crippen LogP contribution >= 0.6 is 0 Å². The van der Waals surface area contributed by atoms with E-state index < -0.39 is 80.4 Å². The van der Waals surface area contributed by atoms with Crippen LogP contribution in [0.4, 0.5) is 9.59 Å². The third-order valence-corrected chi connectivity index (χ3v) is 12.3. The number of hydrogen-bond donors (Lipinski definition) is 3. The molecule has 284 valence electrons. The second-order valence-electron chi connectivity index (χ2n) is 15.9. The van der Waals surface area contributed by atoms with E-state index in [1.165, 1.54) is 10.5 Å². The van der Waals surface area contributed by atoms with Gasteiger partial charge in [0.05, 0.1) is 11.8 Å². The number of sulfonamides is 1. The quantitative estimate of drug-likeness (QED) is 0.380. The Bertz CT molecular complexity index is 1720. The number of alkyl carbamates (subject to hydrolysis) is 1. The lowest BCUT2D eigenvalue weighted by Crippen LogP contribution is -2.58. The van der Waals surface area contributed by atoms with Gasteiger partial charge >= 0.3 is 12.2 Å². The zero-order valence-corrected chi connectivity index (χ0v) is 31.2. The number of amides is 5.